The van der Waals surface area contributed by atoms with Crippen molar-refractivity contribution in [3.05, 3.63) is 71.3 Å². The first-order chi connectivity index (χ1) is 11.7. The fourth-order valence-electron chi connectivity index (χ4n) is 3.83. The number of aliphatic hydroxyl groups excluding tert-OH is 1. The van der Waals surface area contributed by atoms with E-state index in [2.05, 4.69) is 75.4 Å². The summed E-state index contributed by atoms with van der Waals surface area (Å²) in [5.74, 6) is 0.689. The monoisotopic (exact) mass is 324 g/mol. The van der Waals surface area contributed by atoms with Gasteiger partial charge in [0.2, 0.25) is 0 Å². The van der Waals surface area contributed by atoms with Crippen molar-refractivity contribution in [2.45, 2.75) is 58.3 Å². The molecule has 0 radical (unpaired) electrons. The van der Waals surface area contributed by atoms with E-state index in [9.17, 15) is 5.11 Å². The van der Waals surface area contributed by atoms with Crippen molar-refractivity contribution in [3.63, 3.8) is 0 Å². The Morgan fingerprint density at radius 1 is 0.958 bits per heavy atom. The topological polar surface area (TPSA) is 20.2 Å². The smallest absolute Gasteiger partial charge is 0.0431 e. The average Bonchev–Trinajstić information content (AvgIpc) is 2.64. The van der Waals surface area contributed by atoms with Crippen LogP contribution in [-0.2, 0) is 11.8 Å². The number of rotatable bonds is 9. The highest BCUT2D eigenvalue weighted by Crippen LogP contribution is 2.42. The summed E-state index contributed by atoms with van der Waals surface area (Å²) in [4.78, 5) is 0. The standard InChI is InChI=1S/C23H32O/c1-4-19(3)18-20-12-9-10-15-22(20)23(5-2,16-11-17-24)21-13-7-6-8-14-21/h6-10,12-15,19,24H,4-5,11,16-18H2,1-3H3. The van der Waals surface area contributed by atoms with E-state index in [1.807, 2.05) is 0 Å². The maximum atomic E-state index is 9.47. The SMILES string of the molecule is CCC(C)Cc1ccccc1C(CC)(CCCO)c1ccccc1. The molecule has 2 aromatic rings. The van der Waals surface area contributed by atoms with Gasteiger partial charge in [0, 0.05) is 12.0 Å². The minimum absolute atomic E-state index is 0.00591. The van der Waals surface area contributed by atoms with Crippen LogP contribution in [0.2, 0.25) is 0 Å². The molecular weight excluding hydrogens is 292 g/mol. The van der Waals surface area contributed by atoms with Crippen LogP contribution in [0.15, 0.2) is 54.6 Å². The van der Waals surface area contributed by atoms with Gasteiger partial charge in [0.05, 0.1) is 0 Å². The molecule has 1 N–H and O–H groups in total. The van der Waals surface area contributed by atoms with E-state index >= 15 is 0 Å². The quantitative estimate of drug-likeness (QED) is 0.623. The number of hydrogen-bond acceptors (Lipinski definition) is 1. The summed E-state index contributed by atoms with van der Waals surface area (Å²) in [6.07, 6.45) is 5.20. The molecule has 1 nitrogen and oxygen atoms in total. The maximum absolute atomic E-state index is 9.47. The van der Waals surface area contributed by atoms with E-state index in [1.54, 1.807) is 0 Å². The molecule has 0 aromatic heterocycles. The van der Waals surface area contributed by atoms with E-state index in [1.165, 1.54) is 23.1 Å². The van der Waals surface area contributed by atoms with Gasteiger partial charge < -0.3 is 5.11 Å². The minimum Gasteiger partial charge on any atom is -0.396 e. The van der Waals surface area contributed by atoms with E-state index in [-0.39, 0.29) is 12.0 Å². The number of benzene rings is 2. The molecule has 0 amide bonds. The van der Waals surface area contributed by atoms with Crippen LogP contribution in [0.4, 0.5) is 0 Å². The van der Waals surface area contributed by atoms with Crippen molar-refractivity contribution in [3.8, 4) is 0 Å². The first-order valence-corrected chi connectivity index (χ1v) is 9.42. The number of aliphatic hydroxyl groups is 1. The summed E-state index contributed by atoms with van der Waals surface area (Å²) in [5, 5.41) is 9.47. The molecule has 24 heavy (non-hydrogen) atoms. The highest BCUT2D eigenvalue weighted by molar-refractivity contribution is 5.44. The van der Waals surface area contributed by atoms with Gasteiger partial charge in [0.25, 0.3) is 0 Å². The summed E-state index contributed by atoms with van der Waals surface area (Å²) in [6, 6.07) is 19.8. The van der Waals surface area contributed by atoms with Gasteiger partial charge in [-0.05, 0) is 48.3 Å². The normalized spacial score (nSPS) is 15.0. The van der Waals surface area contributed by atoms with Gasteiger partial charge in [-0.15, -0.1) is 0 Å². The Balaban J connectivity index is 2.55. The van der Waals surface area contributed by atoms with Crippen LogP contribution in [0.25, 0.3) is 0 Å². The molecule has 0 aliphatic carbocycles. The fourth-order valence-corrected chi connectivity index (χ4v) is 3.83. The second-order valence-electron chi connectivity index (χ2n) is 7.00. The largest absolute Gasteiger partial charge is 0.396 e. The van der Waals surface area contributed by atoms with Gasteiger partial charge in [-0.2, -0.15) is 0 Å². The number of hydrogen-bond donors (Lipinski definition) is 1. The predicted molar refractivity (Wildman–Crippen MR) is 103 cm³/mol. The molecular formula is C23H32O. The van der Waals surface area contributed by atoms with Gasteiger partial charge >= 0.3 is 0 Å². The molecule has 0 saturated heterocycles. The third kappa shape index (κ3) is 4.08. The summed E-state index contributed by atoms with van der Waals surface area (Å²) >= 11 is 0. The van der Waals surface area contributed by atoms with Crippen molar-refractivity contribution < 1.29 is 5.11 Å². The Labute approximate surface area is 147 Å². The molecule has 0 fully saturated rings. The van der Waals surface area contributed by atoms with E-state index < -0.39 is 0 Å². The highest BCUT2D eigenvalue weighted by atomic mass is 16.2. The lowest BCUT2D eigenvalue weighted by Crippen LogP contribution is -2.29. The first-order valence-electron chi connectivity index (χ1n) is 9.42. The molecule has 0 aliphatic heterocycles. The Kier molecular flexibility index (Phi) is 7.05. The van der Waals surface area contributed by atoms with Crippen molar-refractivity contribution in [1.82, 2.24) is 0 Å². The average molecular weight is 325 g/mol. The van der Waals surface area contributed by atoms with Crippen LogP contribution >= 0.6 is 0 Å². The molecule has 0 saturated carbocycles. The zero-order valence-electron chi connectivity index (χ0n) is 15.5. The summed E-state index contributed by atoms with van der Waals surface area (Å²) < 4.78 is 0. The van der Waals surface area contributed by atoms with Gasteiger partial charge in [0.1, 0.15) is 0 Å². The maximum Gasteiger partial charge on any atom is 0.0431 e. The lowest BCUT2D eigenvalue weighted by molar-refractivity contribution is 0.267. The molecule has 1 heteroatoms. The molecule has 0 spiro atoms. The fraction of sp³-hybridized carbons (Fsp3) is 0.478. The molecule has 0 heterocycles. The van der Waals surface area contributed by atoms with Crippen molar-refractivity contribution in [2.24, 2.45) is 5.92 Å². The third-order valence-electron chi connectivity index (χ3n) is 5.49. The van der Waals surface area contributed by atoms with Crippen LogP contribution in [0.5, 0.6) is 0 Å². The van der Waals surface area contributed by atoms with Gasteiger partial charge in [0.15, 0.2) is 0 Å². The lowest BCUT2D eigenvalue weighted by atomic mass is 9.67. The summed E-state index contributed by atoms with van der Waals surface area (Å²) in [5.41, 5.74) is 4.29. The second-order valence-corrected chi connectivity index (χ2v) is 7.00. The Hall–Kier alpha value is -1.60. The Morgan fingerprint density at radius 2 is 1.62 bits per heavy atom. The molecule has 0 bridgehead atoms. The highest BCUT2D eigenvalue weighted by Gasteiger charge is 2.33. The zero-order chi connectivity index (χ0) is 17.4. The lowest BCUT2D eigenvalue weighted by Gasteiger charge is -2.36. The summed E-state index contributed by atoms with van der Waals surface area (Å²) in [7, 11) is 0. The van der Waals surface area contributed by atoms with Gasteiger partial charge in [-0.1, -0.05) is 81.8 Å². The van der Waals surface area contributed by atoms with E-state index in [0.29, 0.717) is 5.92 Å². The second kappa shape index (κ2) is 9.03. The Bertz CT molecular complexity index is 604. The van der Waals surface area contributed by atoms with Crippen LogP contribution < -0.4 is 0 Å². The molecule has 2 rings (SSSR count). The molecule has 130 valence electrons. The Morgan fingerprint density at radius 3 is 2.25 bits per heavy atom. The van der Waals surface area contributed by atoms with Gasteiger partial charge in [-0.3, -0.25) is 0 Å². The van der Waals surface area contributed by atoms with Crippen LogP contribution in [0.1, 0.15) is 63.1 Å². The minimum atomic E-state index is -0.00591. The molecule has 2 aromatic carbocycles. The van der Waals surface area contributed by atoms with Crippen LogP contribution in [0.3, 0.4) is 0 Å². The van der Waals surface area contributed by atoms with E-state index in [0.717, 1.165) is 25.7 Å². The van der Waals surface area contributed by atoms with Gasteiger partial charge in [-0.25, -0.2) is 0 Å². The molecule has 2 unspecified atom stereocenters. The zero-order valence-corrected chi connectivity index (χ0v) is 15.5. The first kappa shape index (κ1) is 18.7. The predicted octanol–water partition coefficient (Wildman–Crippen LogP) is 5.74. The van der Waals surface area contributed by atoms with Crippen molar-refractivity contribution >= 4 is 0 Å². The summed E-state index contributed by atoms with van der Waals surface area (Å²) in [6.45, 7) is 7.14. The molecule has 0 aliphatic rings. The molecule has 2 atom stereocenters. The van der Waals surface area contributed by atoms with Crippen LogP contribution in [0, 0.1) is 5.92 Å². The van der Waals surface area contributed by atoms with Crippen LogP contribution in [-0.4, -0.2) is 11.7 Å². The third-order valence-corrected chi connectivity index (χ3v) is 5.49. The van der Waals surface area contributed by atoms with Crippen molar-refractivity contribution in [2.75, 3.05) is 6.61 Å². The van der Waals surface area contributed by atoms with Crippen molar-refractivity contribution in [1.29, 1.82) is 0 Å². The van der Waals surface area contributed by atoms with E-state index in [4.69, 9.17) is 0 Å².